The maximum Gasteiger partial charge on any atom is 0.236 e. The van der Waals surface area contributed by atoms with E-state index in [4.69, 9.17) is 0 Å². The fourth-order valence-corrected chi connectivity index (χ4v) is 3.82. The molecule has 0 aliphatic heterocycles. The number of hydrogen-bond acceptors (Lipinski definition) is 7. The molecular formula is C16H20N4O2S3. The topological polar surface area (TPSA) is 84.0 Å². The van der Waals surface area contributed by atoms with Gasteiger partial charge in [-0.1, -0.05) is 25.6 Å². The van der Waals surface area contributed by atoms with Gasteiger partial charge in [0.2, 0.25) is 22.1 Å². The van der Waals surface area contributed by atoms with Crippen molar-refractivity contribution in [3.63, 3.8) is 0 Å². The predicted molar refractivity (Wildman–Crippen MR) is 106 cm³/mol. The highest BCUT2D eigenvalue weighted by atomic mass is 32.2. The van der Waals surface area contributed by atoms with E-state index in [1.165, 1.54) is 23.3 Å². The second-order valence-corrected chi connectivity index (χ2v) is 8.01. The molecule has 0 saturated carbocycles. The van der Waals surface area contributed by atoms with Gasteiger partial charge in [-0.25, -0.2) is 0 Å². The number of carbonyl (C=O) groups excluding carboxylic acids is 2. The summed E-state index contributed by atoms with van der Waals surface area (Å²) in [5.74, 6) is 1.08. The molecule has 134 valence electrons. The largest absolute Gasteiger partial charge is 0.326 e. The minimum atomic E-state index is -0.116. The van der Waals surface area contributed by atoms with Crippen molar-refractivity contribution in [2.75, 3.05) is 22.1 Å². The highest BCUT2D eigenvalue weighted by Gasteiger charge is 2.09. The Balaban J connectivity index is 1.78. The molecule has 0 bridgehead atoms. The highest BCUT2D eigenvalue weighted by Crippen LogP contribution is 2.22. The van der Waals surface area contributed by atoms with Gasteiger partial charge < -0.3 is 5.32 Å². The third-order valence-corrected chi connectivity index (χ3v) is 5.40. The average Bonchev–Trinajstić information content (AvgIpc) is 3.02. The number of carbonyl (C=O) groups is 2. The van der Waals surface area contributed by atoms with Crippen molar-refractivity contribution in [3.05, 3.63) is 24.3 Å². The van der Waals surface area contributed by atoms with E-state index in [0.717, 1.165) is 22.8 Å². The first kappa shape index (κ1) is 19.7. The molecule has 2 rings (SSSR count). The van der Waals surface area contributed by atoms with Crippen LogP contribution in [0.25, 0.3) is 0 Å². The number of benzene rings is 1. The molecule has 2 aromatic rings. The Kier molecular flexibility index (Phi) is 8.23. The zero-order valence-corrected chi connectivity index (χ0v) is 16.5. The molecule has 1 heterocycles. The molecule has 6 nitrogen and oxygen atoms in total. The lowest BCUT2D eigenvalue weighted by Crippen LogP contribution is -2.13. The summed E-state index contributed by atoms with van der Waals surface area (Å²) in [5.41, 5.74) is 0.766. The zero-order chi connectivity index (χ0) is 18.1. The summed E-state index contributed by atoms with van der Waals surface area (Å²) < 4.78 is 4.16. The van der Waals surface area contributed by atoms with Crippen molar-refractivity contribution < 1.29 is 9.59 Å². The maximum absolute atomic E-state index is 12.0. The van der Waals surface area contributed by atoms with E-state index in [1.807, 2.05) is 38.1 Å². The number of nitrogens with zero attached hydrogens (tertiary/aromatic N) is 2. The van der Waals surface area contributed by atoms with Crippen LogP contribution in [-0.4, -0.2) is 32.7 Å². The zero-order valence-electron chi connectivity index (χ0n) is 14.1. The molecule has 0 spiro atoms. The van der Waals surface area contributed by atoms with E-state index in [0.29, 0.717) is 16.7 Å². The van der Waals surface area contributed by atoms with Gasteiger partial charge in [-0.05, 0) is 36.4 Å². The minimum Gasteiger partial charge on any atom is -0.326 e. The molecule has 0 radical (unpaired) electrons. The van der Waals surface area contributed by atoms with E-state index >= 15 is 0 Å². The molecule has 9 heteroatoms. The number of aromatic nitrogens is 2. The molecule has 25 heavy (non-hydrogen) atoms. The van der Waals surface area contributed by atoms with E-state index in [-0.39, 0.29) is 17.6 Å². The van der Waals surface area contributed by atoms with Crippen LogP contribution in [-0.2, 0) is 9.59 Å². The molecule has 0 aliphatic rings. The van der Waals surface area contributed by atoms with Gasteiger partial charge in [0, 0.05) is 28.5 Å². The van der Waals surface area contributed by atoms with Gasteiger partial charge in [0.25, 0.3) is 0 Å². The monoisotopic (exact) mass is 396 g/mol. The second kappa shape index (κ2) is 10.4. The lowest BCUT2D eigenvalue weighted by Gasteiger charge is -2.06. The van der Waals surface area contributed by atoms with Crippen molar-refractivity contribution in [1.82, 2.24) is 9.36 Å². The van der Waals surface area contributed by atoms with Crippen LogP contribution in [0.3, 0.4) is 0 Å². The first-order valence-corrected chi connectivity index (χ1v) is 10.6. The standard InChI is InChI=1S/C16H20N4O2S3/c1-3-5-13(21)17-11-6-8-12(9-7-11)24-10-14(22)18-15-19-16(20-25-15)23-4-2/h6-9H,3-5,10H2,1-2H3,(H,17,21)(H,18,19,20,22). The molecule has 1 aromatic heterocycles. The number of anilines is 2. The Bertz CT molecular complexity index is 704. The first-order chi connectivity index (χ1) is 12.1. The van der Waals surface area contributed by atoms with E-state index < -0.39 is 0 Å². The summed E-state index contributed by atoms with van der Waals surface area (Å²) in [5, 5.41) is 6.81. The lowest BCUT2D eigenvalue weighted by atomic mass is 10.3. The Morgan fingerprint density at radius 3 is 2.52 bits per heavy atom. The Labute approximate surface area is 159 Å². The molecular weight excluding hydrogens is 376 g/mol. The van der Waals surface area contributed by atoms with Crippen LogP contribution in [0.5, 0.6) is 0 Å². The average molecular weight is 397 g/mol. The van der Waals surface area contributed by atoms with Gasteiger partial charge >= 0.3 is 0 Å². The van der Waals surface area contributed by atoms with Gasteiger partial charge in [-0.2, -0.15) is 9.36 Å². The lowest BCUT2D eigenvalue weighted by molar-refractivity contribution is -0.116. The fourth-order valence-electron chi connectivity index (χ4n) is 1.84. The summed E-state index contributed by atoms with van der Waals surface area (Å²) in [6.45, 7) is 4.00. The molecule has 0 saturated heterocycles. The first-order valence-electron chi connectivity index (χ1n) is 7.89. The van der Waals surface area contributed by atoms with Gasteiger partial charge in [0.05, 0.1) is 5.75 Å². The Hall–Kier alpha value is -1.58. The molecule has 0 unspecified atom stereocenters. The Morgan fingerprint density at radius 2 is 1.84 bits per heavy atom. The van der Waals surface area contributed by atoms with Crippen molar-refractivity contribution in [3.8, 4) is 0 Å². The normalized spacial score (nSPS) is 10.5. The van der Waals surface area contributed by atoms with Crippen LogP contribution in [0.1, 0.15) is 26.7 Å². The summed E-state index contributed by atoms with van der Waals surface area (Å²) in [6.07, 6.45) is 1.34. The summed E-state index contributed by atoms with van der Waals surface area (Å²) in [6, 6.07) is 7.46. The smallest absolute Gasteiger partial charge is 0.236 e. The van der Waals surface area contributed by atoms with Crippen LogP contribution < -0.4 is 10.6 Å². The van der Waals surface area contributed by atoms with Crippen molar-refractivity contribution in [2.45, 2.75) is 36.7 Å². The van der Waals surface area contributed by atoms with Crippen LogP contribution in [0.2, 0.25) is 0 Å². The molecule has 2 amide bonds. The van der Waals surface area contributed by atoms with Crippen LogP contribution in [0, 0.1) is 0 Å². The molecule has 2 N–H and O–H groups in total. The fraction of sp³-hybridized carbons (Fsp3) is 0.375. The molecule has 0 fully saturated rings. The van der Waals surface area contributed by atoms with Gasteiger partial charge in [0.15, 0.2) is 0 Å². The van der Waals surface area contributed by atoms with E-state index in [9.17, 15) is 9.59 Å². The van der Waals surface area contributed by atoms with Crippen LogP contribution in [0.4, 0.5) is 10.8 Å². The molecule has 1 aromatic carbocycles. The number of hydrogen-bond donors (Lipinski definition) is 2. The van der Waals surface area contributed by atoms with Gasteiger partial charge in [-0.15, -0.1) is 11.8 Å². The summed E-state index contributed by atoms with van der Waals surface area (Å²) >= 11 is 4.16. The van der Waals surface area contributed by atoms with Crippen molar-refractivity contribution in [2.24, 2.45) is 0 Å². The number of thioether (sulfide) groups is 2. The van der Waals surface area contributed by atoms with Crippen LogP contribution >= 0.6 is 35.1 Å². The predicted octanol–water partition coefficient (Wildman–Crippen LogP) is 4.12. The summed E-state index contributed by atoms with van der Waals surface area (Å²) in [4.78, 5) is 28.7. The maximum atomic E-state index is 12.0. The number of amides is 2. The third kappa shape index (κ3) is 7.05. The molecule has 0 aliphatic carbocycles. The van der Waals surface area contributed by atoms with E-state index in [1.54, 1.807) is 11.8 Å². The highest BCUT2D eigenvalue weighted by molar-refractivity contribution is 8.00. The van der Waals surface area contributed by atoms with E-state index in [2.05, 4.69) is 20.0 Å². The minimum absolute atomic E-state index is 0.0138. The molecule has 0 atom stereocenters. The SMILES string of the molecule is CCCC(=O)Nc1ccc(SCC(=O)Nc2nc(SCC)ns2)cc1. The number of nitrogens with one attached hydrogen (secondary N) is 2. The van der Waals surface area contributed by atoms with Crippen LogP contribution in [0.15, 0.2) is 34.3 Å². The summed E-state index contributed by atoms with van der Waals surface area (Å²) in [7, 11) is 0. The number of rotatable bonds is 9. The van der Waals surface area contributed by atoms with Crippen molar-refractivity contribution in [1.29, 1.82) is 0 Å². The second-order valence-electron chi connectivity index (χ2n) is 4.97. The van der Waals surface area contributed by atoms with Gasteiger partial charge in [0.1, 0.15) is 0 Å². The van der Waals surface area contributed by atoms with Gasteiger partial charge in [-0.3, -0.25) is 14.9 Å². The Morgan fingerprint density at radius 1 is 1.08 bits per heavy atom. The quantitative estimate of drug-likeness (QED) is 0.620. The van der Waals surface area contributed by atoms with Crippen molar-refractivity contribution >= 4 is 57.7 Å². The third-order valence-electron chi connectivity index (χ3n) is 2.91.